The molecule has 4 heteroatoms. The van der Waals surface area contributed by atoms with Gasteiger partial charge in [-0.1, -0.05) is 28.1 Å². The molecule has 0 atom stereocenters. The van der Waals surface area contributed by atoms with Crippen molar-refractivity contribution in [2.45, 2.75) is 19.4 Å². The molecule has 110 valence electrons. The summed E-state index contributed by atoms with van der Waals surface area (Å²) in [6, 6.07) is 13.0. The highest BCUT2D eigenvalue weighted by molar-refractivity contribution is 9.11. The number of rotatable bonds is 3. The number of aryl methyl sites for hydroxylation is 1. The van der Waals surface area contributed by atoms with E-state index < -0.39 is 0 Å². The first-order valence-electron chi connectivity index (χ1n) is 7.15. The fourth-order valence-electron chi connectivity index (χ4n) is 2.78. The molecule has 0 saturated heterocycles. The molecule has 3 rings (SSSR count). The quantitative estimate of drug-likeness (QED) is 0.748. The first-order chi connectivity index (χ1) is 10.1. The minimum atomic E-state index is 0.844. The SMILES string of the molecule is CN1CCCc2cc(CNc3ccc(Br)cc3Br)ccc21. The minimum absolute atomic E-state index is 0.844. The third-order valence-electron chi connectivity index (χ3n) is 3.91. The summed E-state index contributed by atoms with van der Waals surface area (Å²) in [5, 5.41) is 3.49. The van der Waals surface area contributed by atoms with Gasteiger partial charge >= 0.3 is 0 Å². The Hall–Kier alpha value is -1.00. The summed E-state index contributed by atoms with van der Waals surface area (Å²) in [4.78, 5) is 2.35. The number of fused-ring (bicyclic) bond motifs is 1. The summed E-state index contributed by atoms with van der Waals surface area (Å²) in [5.41, 5.74) is 5.31. The molecule has 2 nitrogen and oxygen atoms in total. The van der Waals surface area contributed by atoms with Crippen LogP contribution >= 0.6 is 31.9 Å². The predicted octanol–water partition coefficient (Wildman–Crippen LogP) is 5.21. The van der Waals surface area contributed by atoms with Gasteiger partial charge in [-0.2, -0.15) is 0 Å². The molecule has 0 bridgehead atoms. The lowest BCUT2D eigenvalue weighted by atomic mass is 9.99. The Kier molecular flexibility index (Phi) is 4.55. The first kappa shape index (κ1) is 14.9. The number of halogens is 2. The van der Waals surface area contributed by atoms with E-state index in [-0.39, 0.29) is 0 Å². The molecule has 1 N–H and O–H groups in total. The third-order valence-corrected chi connectivity index (χ3v) is 5.06. The molecule has 0 fully saturated rings. The molecule has 0 radical (unpaired) electrons. The van der Waals surface area contributed by atoms with Crippen LogP contribution in [0.25, 0.3) is 0 Å². The molecule has 2 aromatic carbocycles. The van der Waals surface area contributed by atoms with Gasteiger partial charge < -0.3 is 10.2 Å². The Bertz CT molecular complexity index is 655. The minimum Gasteiger partial charge on any atom is -0.380 e. The molecular weight excluding hydrogens is 392 g/mol. The van der Waals surface area contributed by atoms with E-state index in [1.54, 1.807) is 0 Å². The number of hydrogen-bond acceptors (Lipinski definition) is 2. The summed E-state index contributed by atoms with van der Waals surface area (Å²) >= 11 is 7.07. The number of hydrogen-bond donors (Lipinski definition) is 1. The molecule has 0 saturated carbocycles. The lowest BCUT2D eigenvalue weighted by molar-refractivity contribution is 0.743. The predicted molar refractivity (Wildman–Crippen MR) is 97.2 cm³/mol. The largest absolute Gasteiger partial charge is 0.380 e. The van der Waals surface area contributed by atoms with Crippen LogP contribution in [0.5, 0.6) is 0 Å². The van der Waals surface area contributed by atoms with E-state index in [2.05, 4.69) is 85.5 Å². The number of benzene rings is 2. The van der Waals surface area contributed by atoms with E-state index in [1.165, 1.54) is 29.7 Å². The highest BCUT2D eigenvalue weighted by Gasteiger charge is 2.13. The van der Waals surface area contributed by atoms with E-state index in [9.17, 15) is 0 Å². The van der Waals surface area contributed by atoms with E-state index in [1.807, 2.05) is 0 Å². The lowest BCUT2D eigenvalue weighted by Gasteiger charge is -2.28. The average Bonchev–Trinajstić information content (AvgIpc) is 2.46. The topological polar surface area (TPSA) is 15.3 Å². The Balaban J connectivity index is 1.73. The maximum Gasteiger partial charge on any atom is 0.0488 e. The molecule has 0 unspecified atom stereocenters. The number of nitrogens with zero attached hydrogens (tertiary/aromatic N) is 1. The van der Waals surface area contributed by atoms with Crippen LogP contribution in [-0.4, -0.2) is 13.6 Å². The zero-order valence-corrected chi connectivity index (χ0v) is 15.2. The van der Waals surface area contributed by atoms with Crippen LogP contribution in [0.1, 0.15) is 17.5 Å². The zero-order chi connectivity index (χ0) is 14.8. The fourth-order valence-corrected chi connectivity index (χ4v) is 3.97. The van der Waals surface area contributed by atoms with Crippen molar-refractivity contribution in [1.82, 2.24) is 0 Å². The maximum atomic E-state index is 3.59. The van der Waals surface area contributed by atoms with Gasteiger partial charge in [0.25, 0.3) is 0 Å². The summed E-state index contributed by atoms with van der Waals surface area (Å²) < 4.78 is 2.16. The highest BCUT2D eigenvalue weighted by Crippen LogP contribution is 2.29. The van der Waals surface area contributed by atoms with Crippen molar-refractivity contribution >= 4 is 43.2 Å². The van der Waals surface area contributed by atoms with Gasteiger partial charge in [0, 0.05) is 40.5 Å². The molecule has 21 heavy (non-hydrogen) atoms. The Labute approximate surface area is 142 Å². The normalized spacial score (nSPS) is 14.0. The molecule has 0 amide bonds. The summed E-state index contributed by atoms with van der Waals surface area (Å²) in [5.74, 6) is 0. The van der Waals surface area contributed by atoms with Gasteiger partial charge in [-0.15, -0.1) is 0 Å². The number of nitrogens with one attached hydrogen (secondary N) is 1. The maximum absolute atomic E-state index is 3.59. The van der Waals surface area contributed by atoms with Crippen LogP contribution in [-0.2, 0) is 13.0 Å². The molecule has 0 aliphatic carbocycles. The summed E-state index contributed by atoms with van der Waals surface area (Å²) in [6.45, 7) is 2.01. The Morgan fingerprint density at radius 1 is 1.14 bits per heavy atom. The van der Waals surface area contributed by atoms with Crippen molar-refractivity contribution in [2.24, 2.45) is 0 Å². The molecular formula is C17H18Br2N2. The van der Waals surface area contributed by atoms with Crippen molar-refractivity contribution in [3.63, 3.8) is 0 Å². The van der Waals surface area contributed by atoms with Crippen LogP contribution < -0.4 is 10.2 Å². The van der Waals surface area contributed by atoms with Gasteiger partial charge in [0.15, 0.2) is 0 Å². The van der Waals surface area contributed by atoms with Crippen LogP contribution in [0.15, 0.2) is 45.3 Å². The van der Waals surface area contributed by atoms with Gasteiger partial charge in [-0.05, 0) is 64.2 Å². The molecule has 0 spiro atoms. The second-order valence-electron chi connectivity index (χ2n) is 5.47. The number of anilines is 2. The lowest BCUT2D eigenvalue weighted by Crippen LogP contribution is -2.24. The fraction of sp³-hybridized carbons (Fsp3) is 0.294. The third kappa shape index (κ3) is 3.43. The van der Waals surface area contributed by atoms with E-state index in [4.69, 9.17) is 0 Å². The van der Waals surface area contributed by atoms with Gasteiger partial charge in [0.1, 0.15) is 0 Å². The highest BCUT2D eigenvalue weighted by atomic mass is 79.9. The summed E-state index contributed by atoms with van der Waals surface area (Å²) in [7, 11) is 2.18. The van der Waals surface area contributed by atoms with Gasteiger partial charge in [-0.25, -0.2) is 0 Å². The molecule has 0 aromatic heterocycles. The van der Waals surface area contributed by atoms with Gasteiger partial charge in [-0.3, -0.25) is 0 Å². The average molecular weight is 410 g/mol. The van der Waals surface area contributed by atoms with Crippen molar-refractivity contribution in [2.75, 3.05) is 23.8 Å². The van der Waals surface area contributed by atoms with E-state index in [0.717, 1.165) is 27.7 Å². The van der Waals surface area contributed by atoms with Crippen LogP contribution in [0.4, 0.5) is 11.4 Å². The second kappa shape index (κ2) is 6.41. The molecule has 1 aliphatic rings. The smallest absolute Gasteiger partial charge is 0.0488 e. The monoisotopic (exact) mass is 408 g/mol. The van der Waals surface area contributed by atoms with Crippen molar-refractivity contribution in [3.8, 4) is 0 Å². The molecule has 1 heterocycles. The zero-order valence-electron chi connectivity index (χ0n) is 12.0. The first-order valence-corrected chi connectivity index (χ1v) is 8.74. The molecule has 2 aromatic rings. The van der Waals surface area contributed by atoms with Crippen molar-refractivity contribution in [3.05, 3.63) is 56.5 Å². The van der Waals surface area contributed by atoms with Crippen molar-refractivity contribution in [1.29, 1.82) is 0 Å². The van der Waals surface area contributed by atoms with Gasteiger partial charge in [0.05, 0.1) is 0 Å². The van der Waals surface area contributed by atoms with Crippen LogP contribution in [0.3, 0.4) is 0 Å². The van der Waals surface area contributed by atoms with Gasteiger partial charge in [0.2, 0.25) is 0 Å². The Morgan fingerprint density at radius 2 is 2.00 bits per heavy atom. The van der Waals surface area contributed by atoms with E-state index in [0.29, 0.717) is 0 Å². The van der Waals surface area contributed by atoms with Crippen LogP contribution in [0.2, 0.25) is 0 Å². The second-order valence-corrected chi connectivity index (χ2v) is 7.24. The van der Waals surface area contributed by atoms with E-state index >= 15 is 0 Å². The Morgan fingerprint density at radius 3 is 2.81 bits per heavy atom. The van der Waals surface area contributed by atoms with Crippen molar-refractivity contribution < 1.29 is 0 Å². The molecule has 1 aliphatic heterocycles. The van der Waals surface area contributed by atoms with Crippen LogP contribution in [0, 0.1) is 0 Å². The summed E-state index contributed by atoms with van der Waals surface area (Å²) in [6.07, 6.45) is 2.44. The standard InChI is InChI=1S/C17H18Br2N2/c1-21-8-2-3-13-9-12(4-7-17(13)21)11-20-16-6-5-14(18)10-15(16)19/h4-7,9-10,20H,2-3,8,11H2,1H3.